The summed E-state index contributed by atoms with van der Waals surface area (Å²) < 4.78 is 18.4. The highest BCUT2D eigenvalue weighted by Crippen LogP contribution is 2.37. The molecule has 2 N–H and O–H groups in total. The summed E-state index contributed by atoms with van der Waals surface area (Å²) in [5, 5.41) is 3.94. The molecule has 1 saturated carbocycles. The van der Waals surface area contributed by atoms with E-state index in [-0.39, 0.29) is 5.82 Å². The third kappa shape index (κ3) is 2.36. The summed E-state index contributed by atoms with van der Waals surface area (Å²) in [6.45, 7) is 1.88. The minimum atomic E-state index is -0.428. The Hall–Kier alpha value is -2.01. The molecular weight excluding hydrogens is 257 g/mol. The van der Waals surface area contributed by atoms with Crippen molar-refractivity contribution in [3.05, 3.63) is 47.4 Å². The fourth-order valence-corrected chi connectivity index (χ4v) is 2.28. The van der Waals surface area contributed by atoms with Crippen molar-refractivity contribution in [2.24, 2.45) is 5.73 Å². The van der Waals surface area contributed by atoms with Gasteiger partial charge in [-0.25, -0.2) is 4.39 Å². The summed E-state index contributed by atoms with van der Waals surface area (Å²) in [5.74, 6) is 0.692. The van der Waals surface area contributed by atoms with E-state index in [4.69, 9.17) is 10.3 Å². The van der Waals surface area contributed by atoms with E-state index in [1.807, 2.05) is 13.0 Å². The van der Waals surface area contributed by atoms with E-state index in [0.717, 1.165) is 30.4 Å². The molecule has 0 radical (unpaired) electrons. The molecule has 1 aliphatic rings. The number of hydrogen-bond acceptors (Lipinski definition) is 4. The Labute approximate surface area is 116 Å². The predicted octanol–water partition coefficient (Wildman–Crippen LogP) is 3.11. The van der Waals surface area contributed by atoms with Gasteiger partial charge in [-0.1, -0.05) is 17.3 Å². The van der Waals surface area contributed by atoms with Gasteiger partial charge < -0.3 is 10.3 Å². The zero-order valence-electron chi connectivity index (χ0n) is 11.3. The number of allylic oxidation sites excluding steroid dienone is 1. The van der Waals surface area contributed by atoms with Gasteiger partial charge in [0.2, 0.25) is 0 Å². The van der Waals surface area contributed by atoms with Crippen molar-refractivity contribution in [3.63, 3.8) is 0 Å². The summed E-state index contributed by atoms with van der Waals surface area (Å²) in [4.78, 5) is 4.32. The van der Waals surface area contributed by atoms with Crippen LogP contribution in [0.4, 0.5) is 4.39 Å². The number of rotatable bonds is 3. The van der Waals surface area contributed by atoms with Crippen LogP contribution >= 0.6 is 0 Å². The lowest BCUT2D eigenvalue weighted by molar-refractivity contribution is 0.229. The van der Waals surface area contributed by atoms with Crippen LogP contribution in [0.1, 0.15) is 43.5 Å². The molecule has 0 amide bonds. The predicted molar refractivity (Wildman–Crippen MR) is 74.0 cm³/mol. The summed E-state index contributed by atoms with van der Waals surface area (Å²) in [6.07, 6.45) is 4.61. The molecule has 1 fully saturated rings. The average Bonchev–Trinajstić information content (AvgIpc) is 2.84. The lowest BCUT2D eigenvalue weighted by Gasteiger charge is -2.34. The third-order valence-electron chi connectivity index (χ3n) is 3.75. The lowest BCUT2D eigenvalue weighted by Crippen LogP contribution is -2.44. The highest BCUT2D eigenvalue weighted by atomic mass is 19.1. The van der Waals surface area contributed by atoms with Crippen molar-refractivity contribution in [1.29, 1.82) is 0 Å². The molecular formula is C15H16FN3O. The van der Waals surface area contributed by atoms with Crippen molar-refractivity contribution >= 4 is 11.6 Å². The van der Waals surface area contributed by atoms with Crippen LogP contribution in [-0.4, -0.2) is 10.1 Å². The van der Waals surface area contributed by atoms with Crippen LogP contribution in [-0.2, 0) is 5.54 Å². The maximum absolute atomic E-state index is 13.2. The molecule has 4 nitrogen and oxygen atoms in total. The SMILES string of the molecule is C/C(=C/c1nc(C2(N)CCC2)no1)c1cccc(F)c1. The number of nitrogens with two attached hydrogens (primary N) is 1. The van der Waals surface area contributed by atoms with Gasteiger partial charge in [0.05, 0.1) is 5.54 Å². The van der Waals surface area contributed by atoms with Crippen molar-refractivity contribution in [3.8, 4) is 0 Å². The molecule has 0 atom stereocenters. The molecule has 0 aliphatic heterocycles. The zero-order valence-corrected chi connectivity index (χ0v) is 11.3. The number of halogens is 1. The Bertz CT molecular complexity index is 659. The first-order valence-electron chi connectivity index (χ1n) is 6.64. The van der Waals surface area contributed by atoms with Crippen LogP contribution in [0.25, 0.3) is 11.6 Å². The summed E-state index contributed by atoms with van der Waals surface area (Å²) >= 11 is 0. The zero-order chi connectivity index (χ0) is 14.2. The van der Waals surface area contributed by atoms with E-state index in [0.29, 0.717) is 11.7 Å². The lowest BCUT2D eigenvalue weighted by atomic mass is 9.77. The largest absolute Gasteiger partial charge is 0.335 e. The van der Waals surface area contributed by atoms with E-state index in [9.17, 15) is 4.39 Å². The second-order valence-corrected chi connectivity index (χ2v) is 5.30. The minimum Gasteiger partial charge on any atom is -0.335 e. The second kappa shape index (κ2) is 4.83. The molecule has 20 heavy (non-hydrogen) atoms. The molecule has 1 aromatic carbocycles. The normalized spacial score (nSPS) is 17.9. The standard InChI is InChI=1S/C15H16FN3O/c1-10(11-4-2-5-12(16)9-11)8-13-18-14(19-20-13)15(17)6-3-7-15/h2,4-5,8-9H,3,6-7,17H2,1H3/b10-8-. The number of nitrogens with zero attached hydrogens (tertiary/aromatic N) is 2. The smallest absolute Gasteiger partial charge is 0.250 e. The Morgan fingerprint density at radius 1 is 1.45 bits per heavy atom. The highest BCUT2D eigenvalue weighted by Gasteiger charge is 2.38. The molecule has 1 aromatic heterocycles. The Morgan fingerprint density at radius 2 is 2.25 bits per heavy atom. The average molecular weight is 273 g/mol. The van der Waals surface area contributed by atoms with Gasteiger partial charge in [-0.2, -0.15) is 4.98 Å². The van der Waals surface area contributed by atoms with E-state index in [1.54, 1.807) is 12.1 Å². The third-order valence-corrected chi connectivity index (χ3v) is 3.75. The van der Waals surface area contributed by atoms with Crippen molar-refractivity contribution in [2.75, 3.05) is 0 Å². The maximum atomic E-state index is 13.2. The monoisotopic (exact) mass is 273 g/mol. The van der Waals surface area contributed by atoms with Crippen LogP contribution in [0, 0.1) is 5.82 Å². The Kier molecular flexibility index (Phi) is 3.14. The van der Waals surface area contributed by atoms with Crippen LogP contribution in [0.3, 0.4) is 0 Å². The van der Waals surface area contributed by atoms with Crippen LogP contribution < -0.4 is 5.73 Å². The fraction of sp³-hybridized carbons (Fsp3) is 0.333. The second-order valence-electron chi connectivity index (χ2n) is 5.30. The van der Waals surface area contributed by atoms with Gasteiger partial charge in [0.25, 0.3) is 5.89 Å². The quantitative estimate of drug-likeness (QED) is 0.933. The van der Waals surface area contributed by atoms with Crippen LogP contribution in [0.15, 0.2) is 28.8 Å². The van der Waals surface area contributed by atoms with Gasteiger partial charge in [0.1, 0.15) is 5.82 Å². The summed E-state index contributed by atoms with van der Waals surface area (Å²) in [6, 6.07) is 6.39. The van der Waals surface area contributed by atoms with Gasteiger partial charge in [0.15, 0.2) is 5.82 Å². The first-order chi connectivity index (χ1) is 9.57. The van der Waals surface area contributed by atoms with Crippen LogP contribution in [0.2, 0.25) is 0 Å². The minimum absolute atomic E-state index is 0.267. The Balaban J connectivity index is 1.85. The van der Waals surface area contributed by atoms with Crippen molar-refractivity contribution in [2.45, 2.75) is 31.7 Å². The van der Waals surface area contributed by atoms with E-state index in [2.05, 4.69) is 10.1 Å². The molecule has 0 spiro atoms. The first-order valence-corrected chi connectivity index (χ1v) is 6.64. The molecule has 1 aliphatic carbocycles. The maximum Gasteiger partial charge on any atom is 0.250 e. The summed E-state index contributed by atoms with van der Waals surface area (Å²) in [5.41, 5.74) is 7.36. The van der Waals surface area contributed by atoms with Gasteiger partial charge in [-0.3, -0.25) is 0 Å². The molecule has 5 heteroatoms. The number of hydrogen-bond donors (Lipinski definition) is 1. The van der Waals surface area contributed by atoms with Gasteiger partial charge in [-0.05, 0) is 49.5 Å². The number of benzene rings is 1. The van der Waals surface area contributed by atoms with Gasteiger partial charge in [-0.15, -0.1) is 0 Å². The molecule has 0 bridgehead atoms. The topological polar surface area (TPSA) is 64.9 Å². The van der Waals surface area contributed by atoms with Gasteiger partial charge >= 0.3 is 0 Å². The van der Waals surface area contributed by atoms with Gasteiger partial charge in [0, 0.05) is 6.08 Å². The highest BCUT2D eigenvalue weighted by molar-refractivity contribution is 5.77. The molecule has 1 heterocycles. The molecule has 0 unspecified atom stereocenters. The van der Waals surface area contributed by atoms with Crippen LogP contribution in [0.5, 0.6) is 0 Å². The van der Waals surface area contributed by atoms with E-state index in [1.165, 1.54) is 12.1 Å². The van der Waals surface area contributed by atoms with Crippen molar-refractivity contribution in [1.82, 2.24) is 10.1 Å². The Morgan fingerprint density at radius 3 is 2.90 bits per heavy atom. The summed E-state index contributed by atoms with van der Waals surface area (Å²) in [7, 11) is 0. The first kappa shape index (κ1) is 13.0. The van der Waals surface area contributed by atoms with Crippen molar-refractivity contribution < 1.29 is 8.91 Å². The number of aromatic nitrogens is 2. The van der Waals surface area contributed by atoms with E-state index < -0.39 is 5.54 Å². The molecule has 104 valence electrons. The van der Waals surface area contributed by atoms with E-state index >= 15 is 0 Å². The molecule has 2 aromatic rings. The molecule has 3 rings (SSSR count). The fourth-order valence-electron chi connectivity index (χ4n) is 2.28. The molecule has 0 saturated heterocycles.